The van der Waals surface area contributed by atoms with E-state index in [1.807, 2.05) is 0 Å². The molecule has 3 unspecified atom stereocenters. The molecule has 1 nitrogen and oxygen atoms in total. The number of anilines is 2. The van der Waals surface area contributed by atoms with Gasteiger partial charge in [-0.05, 0) is 110 Å². The predicted octanol–water partition coefficient (Wildman–Crippen LogP) is 11.9. The maximum Gasteiger partial charge on any atom is 0.0543 e. The molecule has 44 heavy (non-hydrogen) atoms. The van der Waals surface area contributed by atoms with Crippen molar-refractivity contribution < 1.29 is 0 Å². The Morgan fingerprint density at radius 2 is 1.20 bits per heavy atom. The number of rotatable bonds is 3. The summed E-state index contributed by atoms with van der Waals surface area (Å²) in [7, 11) is 0. The van der Waals surface area contributed by atoms with E-state index in [4.69, 9.17) is 0 Å². The van der Waals surface area contributed by atoms with Crippen molar-refractivity contribution in [1.29, 1.82) is 0 Å². The fourth-order valence-corrected chi connectivity index (χ4v) is 9.21. The Balaban J connectivity index is 1.28. The molecule has 1 aliphatic carbocycles. The van der Waals surface area contributed by atoms with Crippen molar-refractivity contribution in [3.8, 4) is 22.3 Å². The summed E-state index contributed by atoms with van der Waals surface area (Å²) in [5.41, 5.74) is 9.49. The summed E-state index contributed by atoms with van der Waals surface area (Å²) in [6.07, 6.45) is 3.77. The highest BCUT2D eigenvalue weighted by atomic mass is 15.3. The molecule has 0 bridgehead atoms. The highest BCUT2D eigenvalue weighted by Gasteiger charge is 2.60. The van der Waals surface area contributed by atoms with E-state index in [9.17, 15) is 0 Å². The highest BCUT2D eigenvalue weighted by molar-refractivity contribution is 6.27. The van der Waals surface area contributed by atoms with Gasteiger partial charge < -0.3 is 4.90 Å². The molecule has 0 radical (unpaired) electrons. The Kier molecular flexibility index (Phi) is 5.40. The van der Waals surface area contributed by atoms with Crippen LogP contribution in [-0.4, -0.2) is 5.54 Å². The summed E-state index contributed by atoms with van der Waals surface area (Å²) in [5.74, 6) is 0.589. The van der Waals surface area contributed by atoms with Gasteiger partial charge in [0.25, 0.3) is 0 Å². The van der Waals surface area contributed by atoms with Crippen molar-refractivity contribution >= 4 is 43.7 Å². The monoisotopic (exact) mass is 567 g/mol. The Hall–Kier alpha value is -4.62. The number of fused-ring (bicyclic) bond motifs is 3. The van der Waals surface area contributed by atoms with E-state index in [-0.39, 0.29) is 11.0 Å². The SMILES string of the molecule is CC1CCCC2(C)c3cc(-c4ccc5ccc6c(-c7ccccc7)ccc7ccc4c5c76)ccc3N(c3ccccc3)C12C. The van der Waals surface area contributed by atoms with Crippen LogP contribution in [0, 0.1) is 5.92 Å². The fraction of sp³-hybridized carbons (Fsp3) is 0.209. The van der Waals surface area contributed by atoms with Crippen LogP contribution in [0.25, 0.3) is 54.6 Å². The second-order valence-electron chi connectivity index (χ2n) is 13.7. The van der Waals surface area contributed by atoms with E-state index >= 15 is 0 Å². The predicted molar refractivity (Wildman–Crippen MR) is 188 cm³/mol. The van der Waals surface area contributed by atoms with Crippen LogP contribution < -0.4 is 4.90 Å². The van der Waals surface area contributed by atoms with Gasteiger partial charge in [-0.2, -0.15) is 0 Å². The van der Waals surface area contributed by atoms with Crippen LogP contribution >= 0.6 is 0 Å². The molecule has 1 fully saturated rings. The molecule has 7 aromatic carbocycles. The molecule has 9 rings (SSSR count). The first-order valence-electron chi connectivity index (χ1n) is 16.3. The van der Waals surface area contributed by atoms with E-state index in [1.165, 1.54) is 90.8 Å². The van der Waals surface area contributed by atoms with Gasteiger partial charge in [0.05, 0.1) is 5.54 Å². The van der Waals surface area contributed by atoms with E-state index in [0.29, 0.717) is 5.92 Å². The molecule has 0 aromatic heterocycles. The van der Waals surface area contributed by atoms with E-state index in [1.54, 1.807) is 0 Å². The molecule has 1 saturated carbocycles. The first-order valence-corrected chi connectivity index (χ1v) is 16.3. The molecule has 0 amide bonds. The second kappa shape index (κ2) is 9.19. The van der Waals surface area contributed by atoms with Crippen LogP contribution in [0.1, 0.15) is 45.6 Å². The van der Waals surface area contributed by atoms with Crippen LogP contribution in [0.2, 0.25) is 0 Å². The Bertz CT molecular complexity index is 2200. The van der Waals surface area contributed by atoms with Gasteiger partial charge in [0, 0.05) is 16.8 Å². The Labute approximate surface area is 260 Å². The summed E-state index contributed by atoms with van der Waals surface area (Å²) in [4.78, 5) is 2.69. The molecular weight excluding hydrogens is 530 g/mol. The molecule has 1 heteroatoms. The molecular formula is C43H37N. The zero-order chi connectivity index (χ0) is 29.6. The lowest BCUT2D eigenvalue weighted by atomic mass is 9.57. The van der Waals surface area contributed by atoms with Crippen LogP contribution in [0.4, 0.5) is 11.4 Å². The molecule has 2 aliphatic rings. The second-order valence-corrected chi connectivity index (χ2v) is 13.7. The highest BCUT2D eigenvalue weighted by Crippen LogP contribution is 2.63. The first-order chi connectivity index (χ1) is 21.5. The minimum atomic E-state index is 0.0179. The van der Waals surface area contributed by atoms with Gasteiger partial charge in [0.15, 0.2) is 0 Å². The van der Waals surface area contributed by atoms with E-state index < -0.39 is 0 Å². The van der Waals surface area contributed by atoms with Crippen molar-refractivity contribution in [2.24, 2.45) is 5.92 Å². The maximum absolute atomic E-state index is 2.69. The van der Waals surface area contributed by atoms with Crippen molar-refractivity contribution in [1.82, 2.24) is 0 Å². The van der Waals surface area contributed by atoms with Crippen LogP contribution in [0.15, 0.2) is 127 Å². The fourth-order valence-electron chi connectivity index (χ4n) is 9.21. The van der Waals surface area contributed by atoms with Crippen LogP contribution in [0.5, 0.6) is 0 Å². The number of hydrogen-bond acceptors (Lipinski definition) is 1. The Morgan fingerprint density at radius 1 is 0.614 bits per heavy atom. The number of para-hydroxylation sites is 1. The third-order valence-electron chi connectivity index (χ3n) is 11.8. The molecule has 0 N–H and O–H groups in total. The van der Waals surface area contributed by atoms with E-state index in [0.717, 1.165) is 0 Å². The molecule has 3 atom stereocenters. The van der Waals surface area contributed by atoms with Gasteiger partial charge >= 0.3 is 0 Å². The van der Waals surface area contributed by atoms with Crippen molar-refractivity contribution in [3.05, 3.63) is 133 Å². The summed E-state index contributed by atoms with van der Waals surface area (Å²) < 4.78 is 0. The molecule has 0 spiro atoms. The van der Waals surface area contributed by atoms with Crippen molar-refractivity contribution in [2.75, 3.05) is 4.90 Å². The van der Waals surface area contributed by atoms with Gasteiger partial charge in [-0.1, -0.05) is 123 Å². The van der Waals surface area contributed by atoms with Gasteiger partial charge in [0.2, 0.25) is 0 Å². The standard InChI is InChI=1S/C43H37N/c1-28-11-10-26-42(2)38-27-32(20-25-39(38)44(43(28,42)3)33-14-8-5-9-15-33)35-22-17-31-18-23-36-34(29-12-6-4-7-13-29)21-16-30-19-24-37(35)41(31)40(30)36/h4-9,12-25,27-28H,10-11,26H2,1-3H3. The quantitative estimate of drug-likeness (QED) is 0.192. The normalized spacial score (nSPS) is 23.0. The molecule has 214 valence electrons. The first kappa shape index (κ1) is 25.8. The molecule has 7 aromatic rings. The third-order valence-corrected chi connectivity index (χ3v) is 11.8. The number of hydrogen-bond donors (Lipinski definition) is 0. The van der Waals surface area contributed by atoms with Crippen molar-refractivity contribution in [2.45, 2.75) is 51.0 Å². The third kappa shape index (κ3) is 3.30. The summed E-state index contributed by atoms with van der Waals surface area (Å²) in [6, 6.07) is 47.9. The minimum absolute atomic E-state index is 0.0179. The van der Waals surface area contributed by atoms with Crippen LogP contribution in [-0.2, 0) is 5.41 Å². The van der Waals surface area contributed by atoms with Gasteiger partial charge in [-0.15, -0.1) is 0 Å². The summed E-state index contributed by atoms with van der Waals surface area (Å²) in [5, 5.41) is 8.04. The van der Waals surface area contributed by atoms with E-state index in [2.05, 4.69) is 153 Å². The largest absolute Gasteiger partial charge is 0.334 e. The smallest absolute Gasteiger partial charge is 0.0543 e. The topological polar surface area (TPSA) is 3.24 Å². The average molecular weight is 568 g/mol. The van der Waals surface area contributed by atoms with Crippen LogP contribution in [0.3, 0.4) is 0 Å². The molecule has 1 aliphatic heterocycles. The summed E-state index contributed by atoms with van der Waals surface area (Å²) in [6.45, 7) is 7.55. The summed E-state index contributed by atoms with van der Waals surface area (Å²) >= 11 is 0. The molecule has 1 heterocycles. The van der Waals surface area contributed by atoms with Gasteiger partial charge in [-0.25, -0.2) is 0 Å². The lowest BCUT2D eigenvalue weighted by molar-refractivity contribution is 0.130. The Morgan fingerprint density at radius 3 is 1.86 bits per heavy atom. The van der Waals surface area contributed by atoms with Gasteiger partial charge in [-0.3, -0.25) is 0 Å². The number of benzene rings is 7. The molecule has 0 saturated heterocycles. The number of nitrogens with zero attached hydrogens (tertiary/aromatic N) is 1. The minimum Gasteiger partial charge on any atom is -0.334 e. The zero-order valence-electron chi connectivity index (χ0n) is 25.8. The average Bonchev–Trinajstić information content (AvgIpc) is 3.28. The zero-order valence-corrected chi connectivity index (χ0v) is 25.8. The lowest BCUT2D eigenvalue weighted by Crippen LogP contribution is -2.59. The van der Waals surface area contributed by atoms with Gasteiger partial charge in [0.1, 0.15) is 0 Å². The maximum atomic E-state index is 2.69. The lowest BCUT2D eigenvalue weighted by Gasteiger charge is -2.54. The van der Waals surface area contributed by atoms with Crippen molar-refractivity contribution in [3.63, 3.8) is 0 Å².